The molecule has 1 aliphatic rings. The molecule has 0 radical (unpaired) electrons. The van der Waals surface area contributed by atoms with Crippen molar-refractivity contribution in [2.45, 2.75) is 59.8 Å². The van der Waals surface area contributed by atoms with Crippen molar-refractivity contribution in [2.75, 3.05) is 6.61 Å². The topological polar surface area (TPSA) is 60.4 Å². The minimum Gasteiger partial charge on any atom is -0.466 e. The summed E-state index contributed by atoms with van der Waals surface area (Å²) in [5, 5.41) is 0. The van der Waals surface area contributed by atoms with Gasteiger partial charge in [0.25, 0.3) is 0 Å². The van der Waals surface area contributed by atoms with E-state index in [0.717, 1.165) is 12.8 Å². The first-order valence-corrected chi connectivity index (χ1v) is 7.50. The molecule has 20 heavy (non-hydrogen) atoms. The standard InChI is InChI=1S/C16H26O4/c1-5-20-15(19)16(4)11(2)9-14(18)10-13(16)8-6-7-12(3)17/h11,13H,5-10H2,1-4H3/t11-,13-,16-/m0/s1. The van der Waals surface area contributed by atoms with Crippen LogP contribution in [0.2, 0.25) is 0 Å². The van der Waals surface area contributed by atoms with Crippen LogP contribution >= 0.6 is 0 Å². The summed E-state index contributed by atoms with van der Waals surface area (Å²) >= 11 is 0. The molecular formula is C16H26O4. The maximum atomic E-state index is 12.3. The fourth-order valence-corrected chi connectivity index (χ4v) is 3.18. The number of hydrogen-bond acceptors (Lipinski definition) is 4. The molecule has 0 aromatic carbocycles. The highest BCUT2D eigenvalue weighted by Gasteiger charge is 2.50. The lowest BCUT2D eigenvalue weighted by molar-refractivity contribution is -0.166. The van der Waals surface area contributed by atoms with Gasteiger partial charge in [-0.2, -0.15) is 0 Å². The predicted octanol–water partition coefficient (Wildman–Crippen LogP) is 2.93. The number of ether oxygens (including phenoxy) is 1. The van der Waals surface area contributed by atoms with Crippen LogP contribution in [0.5, 0.6) is 0 Å². The van der Waals surface area contributed by atoms with Crippen LogP contribution in [0.3, 0.4) is 0 Å². The molecule has 3 atom stereocenters. The lowest BCUT2D eigenvalue weighted by Gasteiger charge is -2.43. The molecule has 0 unspecified atom stereocenters. The summed E-state index contributed by atoms with van der Waals surface area (Å²) in [6.45, 7) is 7.59. The largest absolute Gasteiger partial charge is 0.466 e. The maximum absolute atomic E-state index is 12.3. The van der Waals surface area contributed by atoms with E-state index >= 15 is 0 Å². The number of hydrogen-bond donors (Lipinski definition) is 0. The summed E-state index contributed by atoms with van der Waals surface area (Å²) < 4.78 is 5.23. The van der Waals surface area contributed by atoms with Gasteiger partial charge in [-0.15, -0.1) is 0 Å². The molecule has 0 aliphatic heterocycles. The average molecular weight is 282 g/mol. The average Bonchev–Trinajstić information content (AvgIpc) is 2.34. The van der Waals surface area contributed by atoms with Crippen molar-refractivity contribution >= 4 is 17.5 Å². The van der Waals surface area contributed by atoms with Gasteiger partial charge in [0.1, 0.15) is 11.6 Å². The Hall–Kier alpha value is -1.19. The summed E-state index contributed by atoms with van der Waals surface area (Å²) in [6, 6.07) is 0. The van der Waals surface area contributed by atoms with Crippen LogP contribution in [0.4, 0.5) is 0 Å². The molecule has 114 valence electrons. The Balaban J connectivity index is 2.85. The minimum absolute atomic E-state index is 0.00914. The Labute approximate surface area is 121 Å². The first-order chi connectivity index (χ1) is 9.32. The van der Waals surface area contributed by atoms with Crippen molar-refractivity contribution < 1.29 is 19.1 Å². The smallest absolute Gasteiger partial charge is 0.312 e. The molecule has 0 saturated heterocycles. The van der Waals surface area contributed by atoms with Crippen LogP contribution in [0.25, 0.3) is 0 Å². The van der Waals surface area contributed by atoms with Gasteiger partial charge in [0.2, 0.25) is 0 Å². The van der Waals surface area contributed by atoms with E-state index in [1.54, 1.807) is 13.8 Å². The normalized spacial score (nSPS) is 30.1. The van der Waals surface area contributed by atoms with E-state index in [4.69, 9.17) is 4.74 Å². The van der Waals surface area contributed by atoms with E-state index < -0.39 is 5.41 Å². The molecule has 0 aromatic rings. The lowest BCUT2D eigenvalue weighted by Crippen LogP contribution is -2.47. The SMILES string of the molecule is CCOC(=O)[C@]1(C)[C@@H](CCCC(C)=O)CC(=O)C[C@@H]1C. The summed E-state index contributed by atoms with van der Waals surface area (Å²) in [6.07, 6.45) is 2.84. The third-order valence-electron chi connectivity index (χ3n) is 4.68. The second-order valence-corrected chi connectivity index (χ2v) is 6.14. The molecule has 0 aromatic heterocycles. The first-order valence-electron chi connectivity index (χ1n) is 7.50. The maximum Gasteiger partial charge on any atom is 0.312 e. The Kier molecular flexibility index (Phi) is 5.90. The molecule has 0 bridgehead atoms. The number of carbonyl (C=O) groups excluding carboxylic acids is 3. The van der Waals surface area contributed by atoms with E-state index in [1.165, 1.54) is 0 Å². The summed E-state index contributed by atoms with van der Waals surface area (Å²) in [7, 11) is 0. The highest BCUT2D eigenvalue weighted by Crippen LogP contribution is 2.47. The van der Waals surface area contributed by atoms with Gasteiger partial charge in [0, 0.05) is 19.3 Å². The van der Waals surface area contributed by atoms with Crippen molar-refractivity contribution in [3.05, 3.63) is 0 Å². The van der Waals surface area contributed by atoms with Crippen LogP contribution in [0.15, 0.2) is 0 Å². The van der Waals surface area contributed by atoms with E-state index in [1.807, 2.05) is 13.8 Å². The quantitative estimate of drug-likeness (QED) is 0.703. The molecule has 4 nitrogen and oxygen atoms in total. The number of rotatable bonds is 6. The van der Waals surface area contributed by atoms with Crippen molar-refractivity contribution in [3.8, 4) is 0 Å². The van der Waals surface area contributed by atoms with Gasteiger partial charge in [-0.25, -0.2) is 0 Å². The lowest BCUT2D eigenvalue weighted by atomic mass is 9.60. The van der Waals surface area contributed by atoms with Crippen LogP contribution < -0.4 is 0 Å². The van der Waals surface area contributed by atoms with E-state index in [0.29, 0.717) is 25.9 Å². The van der Waals surface area contributed by atoms with E-state index in [-0.39, 0.29) is 29.4 Å². The molecule has 0 spiro atoms. The second-order valence-electron chi connectivity index (χ2n) is 6.14. The number of carbonyl (C=O) groups is 3. The van der Waals surface area contributed by atoms with Gasteiger partial charge in [-0.05, 0) is 45.4 Å². The van der Waals surface area contributed by atoms with Crippen LogP contribution in [-0.2, 0) is 19.1 Å². The van der Waals surface area contributed by atoms with Crippen molar-refractivity contribution in [1.82, 2.24) is 0 Å². The molecule has 0 amide bonds. The highest BCUT2D eigenvalue weighted by molar-refractivity contribution is 5.85. The molecule has 1 fully saturated rings. The van der Waals surface area contributed by atoms with E-state index in [2.05, 4.69) is 0 Å². The Morgan fingerprint density at radius 3 is 2.55 bits per heavy atom. The van der Waals surface area contributed by atoms with Gasteiger partial charge in [-0.3, -0.25) is 9.59 Å². The van der Waals surface area contributed by atoms with Crippen molar-refractivity contribution in [1.29, 1.82) is 0 Å². The van der Waals surface area contributed by atoms with Gasteiger partial charge in [-0.1, -0.05) is 6.92 Å². The Morgan fingerprint density at radius 1 is 1.35 bits per heavy atom. The van der Waals surface area contributed by atoms with Gasteiger partial charge in [0.05, 0.1) is 12.0 Å². The molecule has 1 saturated carbocycles. The second kappa shape index (κ2) is 7.00. The summed E-state index contributed by atoms with van der Waals surface area (Å²) in [5.41, 5.74) is -0.610. The molecule has 0 N–H and O–H groups in total. The minimum atomic E-state index is -0.610. The molecule has 1 rings (SSSR count). The summed E-state index contributed by atoms with van der Waals surface area (Å²) in [5.74, 6) is 0.139. The fraction of sp³-hybridized carbons (Fsp3) is 0.812. The van der Waals surface area contributed by atoms with Gasteiger partial charge >= 0.3 is 5.97 Å². The molecule has 4 heteroatoms. The third kappa shape index (κ3) is 3.68. The van der Waals surface area contributed by atoms with Crippen molar-refractivity contribution in [2.24, 2.45) is 17.3 Å². The van der Waals surface area contributed by atoms with Crippen LogP contribution in [-0.4, -0.2) is 24.1 Å². The predicted molar refractivity (Wildman–Crippen MR) is 76.2 cm³/mol. The fourth-order valence-electron chi connectivity index (χ4n) is 3.18. The zero-order valence-electron chi connectivity index (χ0n) is 13.0. The number of esters is 1. The highest BCUT2D eigenvalue weighted by atomic mass is 16.5. The Bertz CT molecular complexity index is 388. The Morgan fingerprint density at radius 2 is 2.00 bits per heavy atom. The van der Waals surface area contributed by atoms with Crippen LogP contribution in [0.1, 0.15) is 59.8 Å². The molecule has 0 heterocycles. The third-order valence-corrected chi connectivity index (χ3v) is 4.68. The van der Waals surface area contributed by atoms with Crippen molar-refractivity contribution in [3.63, 3.8) is 0 Å². The number of ketones is 2. The molecule has 1 aliphatic carbocycles. The number of Topliss-reactive ketones (excluding diaryl/α,β-unsaturated/α-hetero) is 2. The molecular weight excluding hydrogens is 256 g/mol. The van der Waals surface area contributed by atoms with Gasteiger partial charge < -0.3 is 9.53 Å². The monoisotopic (exact) mass is 282 g/mol. The zero-order chi connectivity index (χ0) is 15.3. The van der Waals surface area contributed by atoms with E-state index in [9.17, 15) is 14.4 Å². The van der Waals surface area contributed by atoms with Gasteiger partial charge in [0.15, 0.2) is 0 Å². The summed E-state index contributed by atoms with van der Waals surface area (Å²) in [4.78, 5) is 35.2. The van der Waals surface area contributed by atoms with Crippen LogP contribution in [0, 0.1) is 17.3 Å². The first kappa shape index (κ1) is 16.9. The zero-order valence-corrected chi connectivity index (χ0v) is 13.0.